The molecule has 0 spiro atoms. The molecule has 0 fully saturated rings. The zero-order chi connectivity index (χ0) is 13.9. The van der Waals surface area contributed by atoms with Crippen LogP contribution in [0.1, 0.15) is 48.4 Å². The largest absolute Gasteiger partial charge is 0.0654 e. The van der Waals surface area contributed by atoms with Gasteiger partial charge in [-0.15, -0.1) is 0 Å². The Hall–Kier alpha value is -1.82. The second kappa shape index (κ2) is 5.66. The zero-order valence-corrected chi connectivity index (χ0v) is 12.4. The van der Waals surface area contributed by atoms with Crippen molar-refractivity contribution < 1.29 is 0 Å². The van der Waals surface area contributed by atoms with Crippen LogP contribution in [0.25, 0.3) is 11.1 Å². The molecular weight excluding hydrogens is 240 g/mol. The van der Waals surface area contributed by atoms with E-state index < -0.39 is 0 Å². The highest BCUT2D eigenvalue weighted by Crippen LogP contribution is 2.40. The summed E-state index contributed by atoms with van der Waals surface area (Å²) in [6.45, 7) is 4.42. The summed E-state index contributed by atoms with van der Waals surface area (Å²) in [5.41, 5.74) is 8.83. The maximum Gasteiger partial charge on any atom is -0.00108 e. The van der Waals surface area contributed by atoms with Gasteiger partial charge in [-0.2, -0.15) is 0 Å². The third kappa shape index (κ3) is 2.43. The number of unbranched alkanes of at least 4 members (excludes halogenated alkanes) is 1. The summed E-state index contributed by atoms with van der Waals surface area (Å²) in [5.74, 6) is 0. The number of fused-ring (bicyclic) bond motifs is 1. The Morgan fingerprint density at radius 3 is 2.45 bits per heavy atom. The van der Waals surface area contributed by atoms with Crippen molar-refractivity contribution in [2.75, 3.05) is 0 Å². The molecule has 102 valence electrons. The molecule has 0 radical (unpaired) electrons. The van der Waals surface area contributed by atoms with Gasteiger partial charge in [-0.1, -0.05) is 67.4 Å². The molecule has 20 heavy (non-hydrogen) atoms. The minimum absolute atomic E-state index is 1.10. The van der Waals surface area contributed by atoms with Crippen LogP contribution < -0.4 is 0 Å². The fraction of sp³-hybridized carbons (Fsp3) is 0.300. The van der Waals surface area contributed by atoms with E-state index in [0.29, 0.717) is 0 Å². The Morgan fingerprint density at radius 2 is 1.70 bits per heavy atom. The highest BCUT2D eigenvalue weighted by molar-refractivity contribution is 5.97. The molecule has 2 aromatic carbocycles. The molecule has 1 aliphatic carbocycles. The predicted molar refractivity (Wildman–Crippen MR) is 87.7 cm³/mol. The Bertz CT molecular complexity index is 629. The topological polar surface area (TPSA) is 0 Å². The van der Waals surface area contributed by atoms with Crippen LogP contribution in [0.2, 0.25) is 0 Å². The van der Waals surface area contributed by atoms with E-state index in [0.717, 1.165) is 6.42 Å². The fourth-order valence-electron chi connectivity index (χ4n) is 3.10. The van der Waals surface area contributed by atoms with Crippen molar-refractivity contribution in [1.82, 2.24) is 0 Å². The second-order valence-corrected chi connectivity index (χ2v) is 5.76. The third-order valence-corrected chi connectivity index (χ3v) is 4.25. The van der Waals surface area contributed by atoms with E-state index >= 15 is 0 Å². The van der Waals surface area contributed by atoms with E-state index in [-0.39, 0.29) is 0 Å². The summed E-state index contributed by atoms with van der Waals surface area (Å²) in [4.78, 5) is 0. The lowest BCUT2D eigenvalue weighted by Crippen LogP contribution is -1.88. The SMILES string of the molecule is CCCCC1=C(c2ccc(C)cc2)Cc2ccccc21. The van der Waals surface area contributed by atoms with Crippen LogP contribution in [-0.4, -0.2) is 0 Å². The van der Waals surface area contributed by atoms with E-state index in [4.69, 9.17) is 0 Å². The molecule has 0 N–H and O–H groups in total. The third-order valence-electron chi connectivity index (χ3n) is 4.25. The van der Waals surface area contributed by atoms with E-state index in [9.17, 15) is 0 Å². The molecule has 0 atom stereocenters. The van der Waals surface area contributed by atoms with Crippen molar-refractivity contribution in [3.8, 4) is 0 Å². The fourth-order valence-corrected chi connectivity index (χ4v) is 3.10. The van der Waals surface area contributed by atoms with E-state index in [1.807, 2.05) is 0 Å². The van der Waals surface area contributed by atoms with Gasteiger partial charge in [0.25, 0.3) is 0 Å². The summed E-state index contributed by atoms with van der Waals surface area (Å²) in [5, 5.41) is 0. The van der Waals surface area contributed by atoms with Crippen LogP contribution in [0.4, 0.5) is 0 Å². The van der Waals surface area contributed by atoms with Gasteiger partial charge in [0.2, 0.25) is 0 Å². The highest BCUT2D eigenvalue weighted by atomic mass is 14.2. The van der Waals surface area contributed by atoms with Gasteiger partial charge < -0.3 is 0 Å². The van der Waals surface area contributed by atoms with Crippen LogP contribution in [0, 0.1) is 6.92 Å². The Kier molecular flexibility index (Phi) is 3.73. The van der Waals surface area contributed by atoms with Gasteiger partial charge in [0.1, 0.15) is 0 Å². The summed E-state index contributed by atoms with van der Waals surface area (Å²) in [6.07, 6.45) is 4.83. The molecule has 0 heteroatoms. The molecule has 0 heterocycles. The van der Waals surface area contributed by atoms with Crippen LogP contribution in [0.3, 0.4) is 0 Å². The lowest BCUT2D eigenvalue weighted by atomic mass is 9.96. The summed E-state index contributed by atoms with van der Waals surface area (Å²) >= 11 is 0. The number of aryl methyl sites for hydroxylation is 1. The standard InChI is InChI=1S/C20H22/c1-3-4-8-19-18-9-6-5-7-17(18)14-20(19)16-12-10-15(2)11-13-16/h5-7,9-13H,3-4,8,14H2,1-2H3. The first-order valence-corrected chi connectivity index (χ1v) is 7.67. The Labute approximate surface area is 122 Å². The van der Waals surface area contributed by atoms with Crippen molar-refractivity contribution in [3.05, 3.63) is 70.8 Å². The molecule has 0 saturated carbocycles. The molecule has 0 nitrogen and oxygen atoms in total. The van der Waals surface area contributed by atoms with Crippen molar-refractivity contribution in [2.45, 2.75) is 39.5 Å². The van der Waals surface area contributed by atoms with Gasteiger partial charge in [-0.25, -0.2) is 0 Å². The quantitative estimate of drug-likeness (QED) is 0.667. The molecule has 0 amide bonds. The molecule has 0 bridgehead atoms. The van der Waals surface area contributed by atoms with E-state index in [1.54, 1.807) is 11.1 Å². The number of rotatable bonds is 4. The number of allylic oxidation sites excluding steroid dienone is 2. The van der Waals surface area contributed by atoms with Crippen molar-refractivity contribution >= 4 is 11.1 Å². The molecule has 0 saturated heterocycles. The van der Waals surface area contributed by atoms with Gasteiger partial charge in [-0.05, 0) is 54.0 Å². The Morgan fingerprint density at radius 1 is 0.950 bits per heavy atom. The lowest BCUT2D eigenvalue weighted by molar-refractivity contribution is 0.825. The zero-order valence-electron chi connectivity index (χ0n) is 12.4. The predicted octanol–water partition coefficient (Wildman–Crippen LogP) is 5.65. The molecule has 1 aliphatic rings. The number of hydrogen-bond donors (Lipinski definition) is 0. The molecule has 3 rings (SSSR count). The van der Waals surface area contributed by atoms with Crippen molar-refractivity contribution in [2.24, 2.45) is 0 Å². The van der Waals surface area contributed by atoms with Gasteiger partial charge in [0, 0.05) is 0 Å². The van der Waals surface area contributed by atoms with Gasteiger partial charge in [0.05, 0.1) is 0 Å². The average molecular weight is 262 g/mol. The minimum Gasteiger partial charge on any atom is -0.0654 e. The van der Waals surface area contributed by atoms with Gasteiger partial charge in [0.15, 0.2) is 0 Å². The normalized spacial score (nSPS) is 13.7. The van der Waals surface area contributed by atoms with Gasteiger partial charge in [-0.3, -0.25) is 0 Å². The average Bonchev–Trinajstić information content (AvgIpc) is 2.84. The summed E-state index contributed by atoms with van der Waals surface area (Å²) < 4.78 is 0. The van der Waals surface area contributed by atoms with Crippen LogP contribution in [-0.2, 0) is 6.42 Å². The second-order valence-electron chi connectivity index (χ2n) is 5.76. The smallest absolute Gasteiger partial charge is 0.00108 e. The minimum atomic E-state index is 1.10. The highest BCUT2D eigenvalue weighted by Gasteiger charge is 2.21. The molecule has 2 aromatic rings. The molecule has 0 aliphatic heterocycles. The van der Waals surface area contributed by atoms with Crippen molar-refractivity contribution in [3.63, 3.8) is 0 Å². The summed E-state index contributed by atoms with van der Waals surface area (Å²) in [7, 11) is 0. The molecule has 0 aromatic heterocycles. The van der Waals surface area contributed by atoms with Crippen LogP contribution >= 0.6 is 0 Å². The van der Waals surface area contributed by atoms with E-state index in [2.05, 4.69) is 62.4 Å². The Balaban J connectivity index is 2.04. The first kappa shape index (κ1) is 13.2. The summed E-state index contributed by atoms with van der Waals surface area (Å²) in [6, 6.07) is 17.9. The first-order chi connectivity index (χ1) is 9.79. The first-order valence-electron chi connectivity index (χ1n) is 7.67. The molecule has 0 unspecified atom stereocenters. The number of hydrogen-bond acceptors (Lipinski definition) is 0. The van der Waals surface area contributed by atoms with Crippen LogP contribution in [0.15, 0.2) is 48.5 Å². The number of benzene rings is 2. The lowest BCUT2D eigenvalue weighted by Gasteiger charge is -2.09. The van der Waals surface area contributed by atoms with E-state index in [1.165, 1.54) is 41.5 Å². The maximum atomic E-state index is 2.29. The van der Waals surface area contributed by atoms with Crippen LogP contribution in [0.5, 0.6) is 0 Å². The maximum absolute atomic E-state index is 2.29. The molecular formula is C20H22. The van der Waals surface area contributed by atoms with Crippen molar-refractivity contribution in [1.29, 1.82) is 0 Å². The monoisotopic (exact) mass is 262 g/mol. The van der Waals surface area contributed by atoms with Gasteiger partial charge >= 0.3 is 0 Å².